The molecule has 18 heavy (non-hydrogen) atoms. The van der Waals surface area contributed by atoms with Crippen molar-refractivity contribution in [1.82, 2.24) is 0 Å². The Kier molecular flexibility index (Phi) is 6.57. The van der Waals surface area contributed by atoms with E-state index in [0.29, 0.717) is 36.1 Å². The summed E-state index contributed by atoms with van der Waals surface area (Å²) >= 11 is 0. The molecule has 0 aromatic heterocycles. The lowest BCUT2D eigenvalue weighted by Gasteiger charge is -2.11. The second kappa shape index (κ2) is 7.97. The molecule has 0 heterocycles. The van der Waals surface area contributed by atoms with Gasteiger partial charge >= 0.3 is 0 Å². The first-order valence-corrected chi connectivity index (χ1v) is 7.77. The molecule has 1 aromatic carbocycles. The van der Waals surface area contributed by atoms with Crippen molar-refractivity contribution < 1.29 is 8.95 Å². The lowest BCUT2D eigenvalue weighted by Crippen LogP contribution is -2.12. The molecule has 0 amide bonds. The highest BCUT2D eigenvalue weighted by molar-refractivity contribution is 7.84. The highest BCUT2D eigenvalue weighted by atomic mass is 32.2. The summed E-state index contributed by atoms with van der Waals surface area (Å²) in [5.74, 6) is 2.07. The van der Waals surface area contributed by atoms with Gasteiger partial charge in [-0.25, -0.2) is 0 Å². The lowest BCUT2D eigenvalue weighted by atomic mass is 10.2. The number of anilines is 2. The Morgan fingerprint density at radius 1 is 1.39 bits per heavy atom. The summed E-state index contributed by atoms with van der Waals surface area (Å²) in [6.45, 7) is 5.33. The summed E-state index contributed by atoms with van der Waals surface area (Å²) in [6, 6.07) is 5.62. The van der Waals surface area contributed by atoms with Crippen LogP contribution in [0, 0.1) is 0 Å². The van der Waals surface area contributed by atoms with Crippen LogP contribution in [0.5, 0.6) is 5.75 Å². The van der Waals surface area contributed by atoms with Crippen LogP contribution in [0.1, 0.15) is 20.3 Å². The quantitative estimate of drug-likeness (QED) is 0.711. The van der Waals surface area contributed by atoms with E-state index in [-0.39, 0.29) is 0 Å². The molecule has 1 aromatic rings. The van der Waals surface area contributed by atoms with Crippen molar-refractivity contribution in [3.63, 3.8) is 0 Å². The van der Waals surface area contributed by atoms with Crippen LogP contribution < -0.4 is 15.8 Å². The van der Waals surface area contributed by atoms with Gasteiger partial charge in [-0.1, -0.05) is 13.8 Å². The largest absolute Gasteiger partial charge is 0.491 e. The Bertz CT molecular complexity index is 397. The fraction of sp³-hybridized carbons (Fsp3) is 0.538. The molecule has 0 aliphatic carbocycles. The molecule has 0 bridgehead atoms. The predicted molar refractivity (Wildman–Crippen MR) is 78.7 cm³/mol. The zero-order valence-corrected chi connectivity index (χ0v) is 11.9. The second-order valence-corrected chi connectivity index (χ2v) is 5.83. The van der Waals surface area contributed by atoms with E-state index in [4.69, 9.17) is 10.5 Å². The average molecular weight is 270 g/mol. The van der Waals surface area contributed by atoms with Crippen LogP contribution in [0.4, 0.5) is 11.4 Å². The zero-order chi connectivity index (χ0) is 13.4. The van der Waals surface area contributed by atoms with Gasteiger partial charge in [0, 0.05) is 40.6 Å². The van der Waals surface area contributed by atoms with Crippen molar-refractivity contribution in [2.45, 2.75) is 20.3 Å². The Morgan fingerprint density at radius 2 is 2.17 bits per heavy atom. The fourth-order valence-corrected chi connectivity index (χ4v) is 2.05. The summed E-state index contributed by atoms with van der Waals surface area (Å²) in [5.41, 5.74) is 7.42. The Labute approximate surface area is 111 Å². The fourth-order valence-electron chi connectivity index (χ4n) is 1.43. The van der Waals surface area contributed by atoms with Gasteiger partial charge in [0.1, 0.15) is 5.75 Å². The van der Waals surface area contributed by atoms with Gasteiger partial charge in [0.2, 0.25) is 0 Å². The summed E-state index contributed by atoms with van der Waals surface area (Å²) in [6.07, 6.45) is 0.951. The van der Waals surface area contributed by atoms with Crippen molar-refractivity contribution in [1.29, 1.82) is 0 Å². The average Bonchev–Trinajstić information content (AvgIpc) is 2.38. The predicted octanol–water partition coefficient (Wildman–Crippen LogP) is 2.24. The Morgan fingerprint density at radius 3 is 2.83 bits per heavy atom. The number of nitrogen functional groups attached to an aromatic ring is 1. The summed E-state index contributed by atoms with van der Waals surface area (Å²) < 4.78 is 16.8. The zero-order valence-electron chi connectivity index (χ0n) is 11.1. The molecule has 0 spiro atoms. The normalized spacial score (nSPS) is 12.1. The molecule has 0 saturated heterocycles. The van der Waals surface area contributed by atoms with Crippen molar-refractivity contribution in [3.8, 4) is 5.75 Å². The van der Waals surface area contributed by atoms with Gasteiger partial charge in [0.15, 0.2) is 0 Å². The van der Waals surface area contributed by atoms with E-state index in [1.807, 2.05) is 25.1 Å². The van der Waals surface area contributed by atoms with Crippen LogP contribution in [0.15, 0.2) is 18.2 Å². The lowest BCUT2D eigenvalue weighted by molar-refractivity contribution is 0.319. The van der Waals surface area contributed by atoms with E-state index in [9.17, 15) is 4.21 Å². The maximum atomic E-state index is 11.3. The number of hydrogen-bond donors (Lipinski definition) is 2. The molecule has 4 nitrogen and oxygen atoms in total. The Hall–Kier alpha value is -1.23. The van der Waals surface area contributed by atoms with Gasteiger partial charge in [-0.2, -0.15) is 0 Å². The molecule has 1 unspecified atom stereocenters. The van der Waals surface area contributed by atoms with E-state index in [1.54, 1.807) is 0 Å². The third-order valence-electron chi connectivity index (χ3n) is 2.46. The monoisotopic (exact) mass is 270 g/mol. The van der Waals surface area contributed by atoms with Crippen molar-refractivity contribution >= 4 is 22.2 Å². The first-order valence-electron chi connectivity index (χ1n) is 6.28. The van der Waals surface area contributed by atoms with Gasteiger partial charge in [0.25, 0.3) is 0 Å². The first kappa shape index (κ1) is 14.8. The molecule has 102 valence electrons. The number of benzene rings is 1. The number of nitrogens with two attached hydrogens (primary N) is 1. The standard InChI is InChI=1S/C13H22N2O2S/c1-3-8-17-13-10-11(5-6-12(13)14)15-7-9-18(16)4-2/h5-6,10,15H,3-4,7-9,14H2,1-2H3. The highest BCUT2D eigenvalue weighted by Gasteiger charge is 2.02. The van der Waals surface area contributed by atoms with Crippen LogP contribution >= 0.6 is 0 Å². The molecule has 1 rings (SSSR count). The second-order valence-electron chi connectivity index (χ2n) is 3.96. The van der Waals surface area contributed by atoms with Crippen LogP contribution in [0.3, 0.4) is 0 Å². The molecule has 0 saturated carbocycles. The highest BCUT2D eigenvalue weighted by Crippen LogP contribution is 2.25. The first-order chi connectivity index (χ1) is 8.67. The molecule has 0 aliphatic heterocycles. The van der Waals surface area contributed by atoms with Gasteiger partial charge in [0.05, 0.1) is 12.3 Å². The topological polar surface area (TPSA) is 64.3 Å². The molecule has 1 atom stereocenters. The van der Waals surface area contributed by atoms with E-state index < -0.39 is 10.8 Å². The van der Waals surface area contributed by atoms with E-state index in [2.05, 4.69) is 12.2 Å². The number of hydrogen-bond acceptors (Lipinski definition) is 4. The van der Waals surface area contributed by atoms with Crippen molar-refractivity contribution in [2.24, 2.45) is 0 Å². The SMILES string of the molecule is CCCOc1cc(NCCS(=O)CC)ccc1N. The van der Waals surface area contributed by atoms with Crippen LogP contribution in [-0.2, 0) is 10.8 Å². The van der Waals surface area contributed by atoms with Gasteiger partial charge in [-0.05, 0) is 18.6 Å². The van der Waals surface area contributed by atoms with Crippen molar-refractivity contribution in [2.75, 3.05) is 35.7 Å². The third kappa shape index (κ3) is 4.96. The van der Waals surface area contributed by atoms with Crippen molar-refractivity contribution in [3.05, 3.63) is 18.2 Å². The van der Waals surface area contributed by atoms with Gasteiger partial charge in [-0.15, -0.1) is 0 Å². The minimum atomic E-state index is -0.734. The molecule has 3 N–H and O–H groups in total. The molecule has 5 heteroatoms. The van der Waals surface area contributed by atoms with Gasteiger partial charge in [-0.3, -0.25) is 4.21 Å². The number of ether oxygens (including phenoxy) is 1. The smallest absolute Gasteiger partial charge is 0.144 e. The molecule has 0 aliphatic rings. The summed E-state index contributed by atoms with van der Waals surface area (Å²) in [7, 11) is -0.734. The number of nitrogens with one attached hydrogen (secondary N) is 1. The summed E-state index contributed by atoms with van der Waals surface area (Å²) in [5, 5.41) is 3.23. The third-order valence-corrected chi connectivity index (χ3v) is 3.76. The van der Waals surface area contributed by atoms with Crippen LogP contribution in [0.2, 0.25) is 0 Å². The van der Waals surface area contributed by atoms with E-state index >= 15 is 0 Å². The molecular weight excluding hydrogens is 248 g/mol. The maximum Gasteiger partial charge on any atom is 0.144 e. The number of rotatable bonds is 8. The molecular formula is C13H22N2O2S. The van der Waals surface area contributed by atoms with E-state index in [0.717, 1.165) is 12.1 Å². The molecule has 0 radical (unpaired) electrons. The minimum absolute atomic E-state index is 0.645. The minimum Gasteiger partial charge on any atom is -0.491 e. The van der Waals surface area contributed by atoms with Crippen LogP contribution in [-0.4, -0.2) is 28.9 Å². The van der Waals surface area contributed by atoms with E-state index in [1.165, 1.54) is 0 Å². The Balaban J connectivity index is 2.53. The van der Waals surface area contributed by atoms with Gasteiger partial charge < -0.3 is 15.8 Å². The van der Waals surface area contributed by atoms with Crippen LogP contribution in [0.25, 0.3) is 0 Å². The summed E-state index contributed by atoms with van der Waals surface area (Å²) in [4.78, 5) is 0. The maximum absolute atomic E-state index is 11.3. The molecule has 0 fully saturated rings.